The van der Waals surface area contributed by atoms with Crippen molar-refractivity contribution in [3.63, 3.8) is 0 Å². The highest BCUT2D eigenvalue weighted by atomic mass is 16.3. The van der Waals surface area contributed by atoms with Gasteiger partial charge in [-0.2, -0.15) is 0 Å². The van der Waals surface area contributed by atoms with Crippen molar-refractivity contribution in [2.45, 2.75) is 33.4 Å². The molecule has 2 N–H and O–H groups in total. The zero-order valence-electron chi connectivity index (χ0n) is 15.2. The predicted octanol–water partition coefficient (Wildman–Crippen LogP) is 3.09. The van der Waals surface area contributed by atoms with Crippen LogP contribution >= 0.6 is 0 Å². The molecule has 0 bridgehead atoms. The fraction of sp³-hybridized carbons (Fsp3) is 0.400. The second-order valence-corrected chi connectivity index (χ2v) is 5.93. The SMILES string of the molecule is CCN(CC)[C@H](CN=Cc1c(CO)cnc(C)c1O)c1ccccc1. The maximum atomic E-state index is 10.2. The van der Waals surface area contributed by atoms with Crippen LogP contribution in [0.2, 0.25) is 0 Å². The van der Waals surface area contributed by atoms with Crippen LogP contribution in [-0.4, -0.2) is 45.9 Å². The Morgan fingerprint density at radius 2 is 1.88 bits per heavy atom. The lowest BCUT2D eigenvalue weighted by Gasteiger charge is -2.28. The van der Waals surface area contributed by atoms with Crippen molar-refractivity contribution >= 4 is 6.21 Å². The quantitative estimate of drug-likeness (QED) is 0.724. The molecule has 25 heavy (non-hydrogen) atoms. The zero-order chi connectivity index (χ0) is 18.2. The van der Waals surface area contributed by atoms with Gasteiger partial charge in [0, 0.05) is 23.5 Å². The number of hydrogen-bond donors (Lipinski definition) is 2. The molecule has 2 aromatic rings. The van der Waals surface area contributed by atoms with Gasteiger partial charge >= 0.3 is 0 Å². The van der Waals surface area contributed by atoms with Gasteiger partial charge in [0.15, 0.2) is 0 Å². The lowest BCUT2D eigenvalue weighted by atomic mass is 10.1. The molecule has 1 heterocycles. The van der Waals surface area contributed by atoms with E-state index >= 15 is 0 Å². The van der Waals surface area contributed by atoms with Gasteiger partial charge in [-0.25, -0.2) is 0 Å². The van der Waals surface area contributed by atoms with Gasteiger partial charge in [-0.15, -0.1) is 0 Å². The number of aromatic hydroxyl groups is 1. The van der Waals surface area contributed by atoms with Gasteiger partial charge in [0.1, 0.15) is 5.75 Å². The van der Waals surface area contributed by atoms with Crippen LogP contribution in [0.15, 0.2) is 41.5 Å². The van der Waals surface area contributed by atoms with E-state index in [1.807, 2.05) is 18.2 Å². The van der Waals surface area contributed by atoms with E-state index in [0.29, 0.717) is 23.4 Å². The summed E-state index contributed by atoms with van der Waals surface area (Å²) in [7, 11) is 0. The van der Waals surface area contributed by atoms with Gasteiger partial charge in [-0.1, -0.05) is 44.2 Å². The number of aliphatic imine (C=N–C) groups is 1. The van der Waals surface area contributed by atoms with E-state index in [1.165, 1.54) is 5.56 Å². The van der Waals surface area contributed by atoms with Crippen LogP contribution in [-0.2, 0) is 6.61 Å². The Morgan fingerprint density at radius 3 is 2.48 bits per heavy atom. The Balaban J connectivity index is 2.26. The van der Waals surface area contributed by atoms with Crippen molar-refractivity contribution in [2.24, 2.45) is 4.99 Å². The summed E-state index contributed by atoms with van der Waals surface area (Å²) in [5.41, 5.74) is 2.87. The number of aryl methyl sites for hydroxylation is 1. The standard InChI is InChI=1S/C20H27N3O2/c1-4-23(5-2)19(16-9-7-6-8-10-16)13-21-12-18-17(14-24)11-22-15(3)20(18)25/h6-12,19,24-25H,4-5,13-14H2,1-3H3/t19-/m1/s1. The van der Waals surface area contributed by atoms with Crippen LogP contribution in [0.25, 0.3) is 0 Å². The minimum absolute atomic E-state index is 0.0781. The highest BCUT2D eigenvalue weighted by molar-refractivity contribution is 5.85. The van der Waals surface area contributed by atoms with Crippen LogP contribution in [0.4, 0.5) is 0 Å². The maximum Gasteiger partial charge on any atom is 0.145 e. The highest BCUT2D eigenvalue weighted by Gasteiger charge is 2.17. The molecule has 5 heteroatoms. The van der Waals surface area contributed by atoms with Crippen LogP contribution in [0.5, 0.6) is 5.75 Å². The van der Waals surface area contributed by atoms with Crippen molar-refractivity contribution < 1.29 is 10.2 Å². The second-order valence-electron chi connectivity index (χ2n) is 5.93. The minimum Gasteiger partial charge on any atom is -0.505 e. The number of likely N-dealkylation sites (N-methyl/N-ethyl adjacent to an activating group) is 1. The normalized spacial score (nSPS) is 12.8. The van der Waals surface area contributed by atoms with Gasteiger partial charge in [0.25, 0.3) is 0 Å². The number of hydrogen-bond acceptors (Lipinski definition) is 5. The lowest BCUT2D eigenvalue weighted by Crippen LogP contribution is -2.30. The minimum atomic E-state index is -0.180. The molecule has 2 rings (SSSR count). The molecule has 0 aliphatic rings. The summed E-state index contributed by atoms with van der Waals surface area (Å²) in [6.07, 6.45) is 3.23. The van der Waals surface area contributed by atoms with E-state index in [-0.39, 0.29) is 18.4 Å². The van der Waals surface area contributed by atoms with Crippen LogP contribution in [0, 0.1) is 6.92 Å². The molecule has 0 fully saturated rings. The average molecular weight is 341 g/mol. The fourth-order valence-electron chi connectivity index (χ4n) is 2.94. The Bertz CT molecular complexity index is 698. The first kappa shape index (κ1) is 19.1. The topological polar surface area (TPSA) is 69.0 Å². The van der Waals surface area contributed by atoms with Crippen molar-refractivity contribution in [1.82, 2.24) is 9.88 Å². The smallest absolute Gasteiger partial charge is 0.145 e. The molecule has 0 saturated carbocycles. The Kier molecular flexibility index (Phi) is 7.10. The predicted molar refractivity (Wildman–Crippen MR) is 101 cm³/mol. The molecule has 0 amide bonds. The molecule has 5 nitrogen and oxygen atoms in total. The summed E-state index contributed by atoms with van der Waals surface area (Å²) in [6.45, 7) is 8.30. The van der Waals surface area contributed by atoms with Gasteiger partial charge < -0.3 is 10.2 Å². The number of aliphatic hydroxyl groups is 1. The number of pyridine rings is 1. The summed E-state index contributed by atoms with van der Waals surface area (Å²) in [5, 5.41) is 19.7. The first-order chi connectivity index (χ1) is 12.1. The number of nitrogens with zero attached hydrogens (tertiary/aromatic N) is 3. The van der Waals surface area contributed by atoms with E-state index in [0.717, 1.165) is 13.1 Å². The van der Waals surface area contributed by atoms with Gasteiger partial charge in [0.2, 0.25) is 0 Å². The highest BCUT2D eigenvalue weighted by Crippen LogP contribution is 2.23. The van der Waals surface area contributed by atoms with Crippen LogP contribution in [0.3, 0.4) is 0 Å². The number of rotatable bonds is 8. The summed E-state index contributed by atoms with van der Waals surface area (Å²) in [4.78, 5) is 11.0. The third-order valence-electron chi connectivity index (χ3n) is 4.46. The monoisotopic (exact) mass is 341 g/mol. The molecule has 0 radical (unpaired) electrons. The largest absolute Gasteiger partial charge is 0.505 e. The van der Waals surface area contributed by atoms with Crippen molar-refractivity contribution in [3.05, 3.63) is 58.9 Å². The number of aliphatic hydroxyl groups excluding tert-OH is 1. The van der Waals surface area contributed by atoms with E-state index in [4.69, 9.17) is 0 Å². The van der Waals surface area contributed by atoms with E-state index in [9.17, 15) is 10.2 Å². The maximum absolute atomic E-state index is 10.2. The van der Waals surface area contributed by atoms with E-state index < -0.39 is 0 Å². The third-order valence-corrected chi connectivity index (χ3v) is 4.46. The zero-order valence-corrected chi connectivity index (χ0v) is 15.2. The first-order valence-electron chi connectivity index (χ1n) is 8.69. The summed E-state index contributed by atoms with van der Waals surface area (Å²) in [5.74, 6) is 0.0781. The Hall–Kier alpha value is -2.24. The first-order valence-corrected chi connectivity index (χ1v) is 8.69. The molecular formula is C20H27N3O2. The number of benzene rings is 1. The fourth-order valence-corrected chi connectivity index (χ4v) is 2.94. The van der Waals surface area contributed by atoms with Crippen molar-refractivity contribution in [1.29, 1.82) is 0 Å². The Labute approximate surface area is 149 Å². The summed E-state index contributed by atoms with van der Waals surface area (Å²) in [6, 6.07) is 10.5. The molecule has 0 saturated heterocycles. The van der Waals surface area contributed by atoms with E-state index in [2.05, 4.69) is 40.9 Å². The van der Waals surface area contributed by atoms with Crippen molar-refractivity contribution in [3.8, 4) is 5.75 Å². The molecule has 1 aromatic carbocycles. The lowest BCUT2D eigenvalue weighted by molar-refractivity contribution is 0.224. The van der Waals surface area contributed by atoms with Gasteiger partial charge in [-0.05, 0) is 25.6 Å². The van der Waals surface area contributed by atoms with E-state index in [1.54, 1.807) is 19.3 Å². The second kappa shape index (κ2) is 9.30. The van der Waals surface area contributed by atoms with Gasteiger partial charge in [0.05, 0.1) is 24.9 Å². The average Bonchev–Trinajstić information content (AvgIpc) is 2.65. The Morgan fingerprint density at radius 1 is 1.20 bits per heavy atom. The van der Waals surface area contributed by atoms with Crippen LogP contribution < -0.4 is 0 Å². The molecular weight excluding hydrogens is 314 g/mol. The third kappa shape index (κ3) is 4.65. The molecule has 0 unspecified atom stereocenters. The molecule has 1 atom stereocenters. The van der Waals surface area contributed by atoms with Crippen molar-refractivity contribution in [2.75, 3.05) is 19.6 Å². The molecule has 1 aromatic heterocycles. The molecule has 134 valence electrons. The van der Waals surface area contributed by atoms with Crippen LogP contribution in [0.1, 0.15) is 42.3 Å². The molecule has 0 spiro atoms. The summed E-state index contributed by atoms with van der Waals surface area (Å²) < 4.78 is 0. The van der Waals surface area contributed by atoms with Gasteiger partial charge in [-0.3, -0.25) is 14.9 Å². The number of aromatic nitrogens is 1. The summed E-state index contributed by atoms with van der Waals surface area (Å²) >= 11 is 0. The molecule has 0 aliphatic heterocycles. The molecule has 0 aliphatic carbocycles.